The zero-order valence-corrected chi connectivity index (χ0v) is 22.4. The van der Waals surface area contributed by atoms with Gasteiger partial charge in [-0.05, 0) is 5.92 Å². The number of unbranched alkanes of at least 4 members (excludes halogenated alkanes) is 22. The maximum absolute atomic E-state index is 4.11. The Hall–Kier alpha value is 0. The molecule has 0 rings (SSSR count). The summed E-state index contributed by atoms with van der Waals surface area (Å²) in [5, 5.41) is 0. The van der Waals surface area contributed by atoms with Gasteiger partial charge in [0.25, 0.3) is 0 Å². The minimum atomic E-state index is 0.903. The average molecular weight is 436 g/mol. The SMILES string of the molecule is [CH2]CC(CCC)CCCCCCCCCCCCCCCCCCCCCCCCC. The largest absolute Gasteiger partial charge is 0.0654 e. The molecule has 1 radical (unpaired) electrons. The molecular weight excluding hydrogens is 372 g/mol. The van der Waals surface area contributed by atoms with E-state index in [-0.39, 0.29) is 0 Å². The van der Waals surface area contributed by atoms with Gasteiger partial charge in [-0.2, -0.15) is 0 Å². The van der Waals surface area contributed by atoms with Crippen LogP contribution in [-0.4, -0.2) is 0 Å². The van der Waals surface area contributed by atoms with Gasteiger partial charge >= 0.3 is 0 Å². The first-order valence-electron chi connectivity index (χ1n) is 15.1. The molecule has 0 bridgehead atoms. The lowest BCUT2D eigenvalue weighted by atomic mass is 9.94. The summed E-state index contributed by atoms with van der Waals surface area (Å²) in [5.74, 6) is 0.903. The van der Waals surface area contributed by atoms with E-state index in [1.807, 2.05) is 0 Å². The van der Waals surface area contributed by atoms with Crippen molar-refractivity contribution >= 4 is 0 Å². The molecule has 0 N–H and O–H groups in total. The molecule has 1 unspecified atom stereocenters. The summed E-state index contributed by atoms with van der Waals surface area (Å²) < 4.78 is 0. The second-order valence-corrected chi connectivity index (χ2v) is 10.5. The first-order chi connectivity index (χ1) is 15.3. The van der Waals surface area contributed by atoms with Crippen LogP contribution in [0.1, 0.15) is 187 Å². The van der Waals surface area contributed by atoms with Crippen LogP contribution in [0.2, 0.25) is 0 Å². The zero-order chi connectivity index (χ0) is 22.7. The topological polar surface area (TPSA) is 0 Å². The molecule has 0 aliphatic heterocycles. The number of hydrogen-bond donors (Lipinski definition) is 0. The highest BCUT2D eigenvalue weighted by molar-refractivity contribution is 4.60. The Kier molecular flexibility index (Phi) is 28.0. The van der Waals surface area contributed by atoms with E-state index in [0.29, 0.717) is 0 Å². The van der Waals surface area contributed by atoms with Crippen LogP contribution < -0.4 is 0 Å². The van der Waals surface area contributed by atoms with Gasteiger partial charge in [0.05, 0.1) is 0 Å². The minimum absolute atomic E-state index is 0.903. The van der Waals surface area contributed by atoms with Gasteiger partial charge in [0.2, 0.25) is 0 Å². The number of hydrogen-bond acceptors (Lipinski definition) is 0. The highest BCUT2D eigenvalue weighted by Crippen LogP contribution is 2.20. The highest BCUT2D eigenvalue weighted by Gasteiger charge is 2.04. The van der Waals surface area contributed by atoms with Crippen LogP contribution >= 0.6 is 0 Å². The van der Waals surface area contributed by atoms with Crippen molar-refractivity contribution in [1.29, 1.82) is 0 Å². The Morgan fingerprint density at radius 3 is 0.903 bits per heavy atom. The van der Waals surface area contributed by atoms with Crippen LogP contribution in [0.15, 0.2) is 0 Å². The van der Waals surface area contributed by atoms with Crippen LogP contribution in [0.3, 0.4) is 0 Å². The summed E-state index contributed by atoms with van der Waals surface area (Å²) >= 11 is 0. The molecule has 187 valence electrons. The predicted octanol–water partition coefficient (Wildman–Crippen LogP) is 12.0. The Balaban J connectivity index is 3.06. The standard InChI is InChI=1S/C31H63/c1-4-7-8-9-10-11-12-13-14-15-16-17-18-19-20-21-22-23-24-25-26-27-28-30-31(6-3)29-5-2/h31H,3-30H2,1-2H3. The molecule has 0 heteroatoms. The van der Waals surface area contributed by atoms with Gasteiger partial charge in [-0.25, -0.2) is 0 Å². The second kappa shape index (κ2) is 28.0. The van der Waals surface area contributed by atoms with E-state index in [1.165, 1.54) is 167 Å². The molecular formula is C31H63. The second-order valence-electron chi connectivity index (χ2n) is 10.5. The summed E-state index contributed by atoms with van der Waals surface area (Å²) in [7, 11) is 0. The van der Waals surface area contributed by atoms with Crippen molar-refractivity contribution in [2.45, 2.75) is 187 Å². The maximum Gasteiger partial charge on any atom is -0.0414 e. The first kappa shape index (κ1) is 31.0. The maximum atomic E-state index is 4.11. The lowest BCUT2D eigenvalue weighted by Gasteiger charge is -2.12. The molecule has 0 nitrogen and oxygen atoms in total. The van der Waals surface area contributed by atoms with Gasteiger partial charge in [0.1, 0.15) is 0 Å². The molecule has 1 atom stereocenters. The summed E-state index contributed by atoms with van der Waals surface area (Å²) in [6.07, 6.45) is 39.2. The van der Waals surface area contributed by atoms with Gasteiger partial charge in [-0.1, -0.05) is 194 Å². The monoisotopic (exact) mass is 435 g/mol. The normalized spacial score (nSPS) is 12.5. The quantitative estimate of drug-likeness (QED) is 0.112. The molecule has 0 spiro atoms. The fourth-order valence-electron chi connectivity index (χ4n) is 5.06. The predicted molar refractivity (Wildman–Crippen MR) is 145 cm³/mol. The molecule has 0 aromatic carbocycles. The van der Waals surface area contributed by atoms with E-state index in [2.05, 4.69) is 20.8 Å². The van der Waals surface area contributed by atoms with Crippen molar-refractivity contribution in [3.05, 3.63) is 6.92 Å². The zero-order valence-electron chi connectivity index (χ0n) is 22.4. The van der Waals surface area contributed by atoms with Gasteiger partial charge in [-0.3, -0.25) is 0 Å². The first-order valence-corrected chi connectivity index (χ1v) is 15.1. The van der Waals surface area contributed by atoms with E-state index in [1.54, 1.807) is 0 Å². The summed E-state index contributed by atoms with van der Waals surface area (Å²) in [4.78, 5) is 0. The van der Waals surface area contributed by atoms with Crippen LogP contribution in [-0.2, 0) is 0 Å². The van der Waals surface area contributed by atoms with E-state index in [0.717, 1.165) is 12.3 Å². The van der Waals surface area contributed by atoms with Crippen molar-refractivity contribution in [2.75, 3.05) is 0 Å². The molecule has 0 amide bonds. The van der Waals surface area contributed by atoms with Gasteiger partial charge < -0.3 is 0 Å². The third-order valence-electron chi connectivity index (χ3n) is 7.32. The number of rotatable bonds is 27. The van der Waals surface area contributed by atoms with Crippen LogP contribution in [0, 0.1) is 12.8 Å². The molecule has 0 aliphatic rings. The van der Waals surface area contributed by atoms with Crippen molar-refractivity contribution in [1.82, 2.24) is 0 Å². The van der Waals surface area contributed by atoms with Crippen LogP contribution in [0.5, 0.6) is 0 Å². The third-order valence-corrected chi connectivity index (χ3v) is 7.32. The molecule has 0 aliphatic carbocycles. The third kappa shape index (κ3) is 26.1. The Morgan fingerprint density at radius 2 is 0.645 bits per heavy atom. The summed E-state index contributed by atoms with van der Waals surface area (Å²) in [6.45, 7) is 8.73. The Labute approximate surface area is 200 Å². The van der Waals surface area contributed by atoms with Crippen molar-refractivity contribution in [3.8, 4) is 0 Å². The van der Waals surface area contributed by atoms with E-state index in [4.69, 9.17) is 0 Å². The molecule has 31 heavy (non-hydrogen) atoms. The Bertz CT molecular complexity index is 294. The minimum Gasteiger partial charge on any atom is -0.0654 e. The van der Waals surface area contributed by atoms with Crippen LogP contribution in [0.4, 0.5) is 0 Å². The fourth-order valence-corrected chi connectivity index (χ4v) is 5.06. The van der Waals surface area contributed by atoms with Crippen molar-refractivity contribution in [3.63, 3.8) is 0 Å². The average Bonchev–Trinajstić information content (AvgIpc) is 2.78. The highest BCUT2D eigenvalue weighted by atomic mass is 14.1. The van der Waals surface area contributed by atoms with Crippen molar-refractivity contribution < 1.29 is 0 Å². The fraction of sp³-hybridized carbons (Fsp3) is 0.968. The van der Waals surface area contributed by atoms with Crippen molar-refractivity contribution in [2.24, 2.45) is 5.92 Å². The Morgan fingerprint density at radius 1 is 0.355 bits per heavy atom. The molecule has 0 saturated heterocycles. The van der Waals surface area contributed by atoms with E-state index in [9.17, 15) is 0 Å². The lowest BCUT2D eigenvalue weighted by molar-refractivity contribution is 0.421. The molecule has 0 fully saturated rings. The van der Waals surface area contributed by atoms with Gasteiger partial charge in [0.15, 0.2) is 0 Å². The molecule has 0 heterocycles. The molecule has 0 aromatic heterocycles. The summed E-state index contributed by atoms with van der Waals surface area (Å²) in [5.41, 5.74) is 0. The molecule has 0 saturated carbocycles. The summed E-state index contributed by atoms with van der Waals surface area (Å²) in [6, 6.07) is 0. The van der Waals surface area contributed by atoms with Gasteiger partial charge in [-0.15, -0.1) is 0 Å². The smallest absolute Gasteiger partial charge is 0.0414 e. The van der Waals surface area contributed by atoms with E-state index >= 15 is 0 Å². The lowest BCUT2D eigenvalue weighted by Crippen LogP contribution is -1.98. The van der Waals surface area contributed by atoms with Crippen LogP contribution in [0.25, 0.3) is 0 Å². The molecule has 0 aromatic rings. The van der Waals surface area contributed by atoms with E-state index < -0.39 is 0 Å². The van der Waals surface area contributed by atoms with Gasteiger partial charge in [0, 0.05) is 0 Å².